The van der Waals surface area contributed by atoms with Gasteiger partial charge in [0.15, 0.2) is 17.6 Å². The van der Waals surface area contributed by atoms with Gasteiger partial charge in [-0.1, -0.05) is 132 Å². The molecule has 0 saturated heterocycles. The average Bonchev–Trinajstić information content (AvgIpc) is 3.35. The van der Waals surface area contributed by atoms with Crippen LogP contribution < -0.4 is 0 Å². The Hall–Kier alpha value is -6.09. The van der Waals surface area contributed by atoms with Crippen LogP contribution in [-0.4, -0.2) is 89.1 Å². The maximum atomic E-state index is 13.1. The quantitative estimate of drug-likeness (QED) is 0.0599. The topological polar surface area (TPSA) is 191 Å². The van der Waals surface area contributed by atoms with Crippen LogP contribution in [-0.2, 0) is 66.9 Å². The molecule has 4 aromatic rings. The van der Waals surface area contributed by atoms with E-state index in [0.29, 0.717) is 59.7 Å². The number of carboxylic acids is 1. The maximum Gasteiger partial charge on any atom is 0.413 e. The van der Waals surface area contributed by atoms with Gasteiger partial charge >= 0.3 is 24.1 Å². The molecule has 2 fully saturated rings. The van der Waals surface area contributed by atoms with Crippen molar-refractivity contribution in [2.24, 2.45) is 11.8 Å². The molecule has 0 aliphatic heterocycles. The third kappa shape index (κ3) is 15.7. The molecule has 0 bridgehead atoms. The number of hydrogen-bond donors (Lipinski definition) is 1. The summed E-state index contributed by atoms with van der Waals surface area (Å²) >= 11 is 18.2. The molecule has 0 spiro atoms. The summed E-state index contributed by atoms with van der Waals surface area (Å²) < 4.78 is 15.3. The molecule has 0 unspecified atom stereocenters. The first kappa shape index (κ1) is 57.5. The molecule has 2 saturated carbocycles. The molecule has 2 aliphatic carbocycles. The van der Waals surface area contributed by atoms with Crippen molar-refractivity contribution in [1.29, 1.82) is 0 Å². The van der Waals surface area contributed by atoms with Crippen LogP contribution >= 0.6 is 34.8 Å². The SMILES string of the molecule is CC(=O)C[C@@H](Cc1ccccc1)C(=O)O.CC(=O)C[C@@H](Cc1ccccc1)C(=O)OCOC(=O)N(C)[C@]1(c2ccccc2Cl)CCCCC1=O.CN(C(=O)OCCl)[C@]1(c2ccccc2Cl)CCCCC1=O. The van der Waals surface area contributed by atoms with Gasteiger partial charge in [-0.3, -0.25) is 29.0 Å². The monoisotopic (exact) mass is 1030 g/mol. The zero-order chi connectivity index (χ0) is 52.1. The molecule has 0 heterocycles. The molecule has 2 aliphatic rings. The number of carbonyl (C=O) groups is 8. The van der Waals surface area contributed by atoms with Gasteiger partial charge in [0, 0.05) is 61.0 Å². The third-order valence-corrected chi connectivity index (χ3v) is 13.4. The Morgan fingerprint density at radius 2 is 0.972 bits per heavy atom. The summed E-state index contributed by atoms with van der Waals surface area (Å²) in [5, 5.41) is 9.79. The molecule has 380 valence electrons. The molecule has 4 aromatic carbocycles. The van der Waals surface area contributed by atoms with Gasteiger partial charge in [-0.15, -0.1) is 0 Å². The molecule has 2 amide bonds. The van der Waals surface area contributed by atoms with Gasteiger partial charge in [0.1, 0.15) is 22.6 Å². The van der Waals surface area contributed by atoms with E-state index in [0.717, 1.165) is 36.8 Å². The van der Waals surface area contributed by atoms with Gasteiger partial charge in [-0.05, 0) is 88.5 Å². The molecule has 0 aromatic heterocycles. The van der Waals surface area contributed by atoms with E-state index in [1.807, 2.05) is 66.7 Å². The number of alkyl halides is 1. The van der Waals surface area contributed by atoms with Crippen LogP contribution in [0.25, 0.3) is 0 Å². The van der Waals surface area contributed by atoms with Crippen LogP contribution in [0.3, 0.4) is 0 Å². The van der Waals surface area contributed by atoms with E-state index in [9.17, 15) is 38.4 Å². The summed E-state index contributed by atoms with van der Waals surface area (Å²) in [7, 11) is 3.05. The van der Waals surface area contributed by atoms with Crippen LogP contribution in [0.15, 0.2) is 109 Å². The van der Waals surface area contributed by atoms with Gasteiger partial charge in [-0.25, -0.2) is 9.59 Å². The van der Waals surface area contributed by atoms with Crippen LogP contribution in [0, 0.1) is 11.8 Å². The van der Waals surface area contributed by atoms with E-state index in [-0.39, 0.29) is 42.0 Å². The number of Topliss-reactive ketones (excluding diaryl/α,β-unsaturated/α-hetero) is 4. The van der Waals surface area contributed by atoms with E-state index in [2.05, 4.69) is 0 Å². The summed E-state index contributed by atoms with van der Waals surface area (Å²) in [6.45, 7) is 2.20. The highest BCUT2D eigenvalue weighted by Crippen LogP contribution is 2.44. The molecule has 17 heteroatoms. The number of halogens is 3. The molecular formula is C54H61Cl3N2O12. The second-order valence-electron chi connectivity index (χ2n) is 17.5. The predicted molar refractivity (Wildman–Crippen MR) is 269 cm³/mol. The minimum atomic E-state index is -1.25. The van der Waals surface area contributed by atoms with Crippen LogP contribution in [0.2, 0.25) is 10.0 Å². The third-order valence-electron chi connectivity index (χ3n) is 12.6. The van der Waals surface area contributed by atoms with Gasteiger partial charge in [0.2, 0.25) is 6.79 Å². The van der Waals surface area contributed by atoms with Crippen molar-refractivity contribution in [1.82, 2.24) is 9.80 Å². The number of hydrogen-bond acceptors (Lipinski definition) is 11. The fourth-order valence-corrected chi connectivity index (χ4v) is 9.72. The smallest absolute Gasteiger partial charge is 0.413 e. The molecule has 71 heavy (non-hydrogen) atoms. The normalized spacial score (nSPS) is 18.1. The number of nitrogens with zero attached hydrogens (tertiary/aromatic N) is 2. The fraction of sp³-hybridized carbons (Fsp3) is 0.407. The largest absolute Gasteiger partial charge is 0.481 e. The van der Waals surface area contributed by atoms with E-state index in [1.54, 1.807) is 49.5 Å². The summed E-state index contributed by atoms with van der Waals surface area (Å²) in [6, 6.07) is 32.5. The Morgan fingerprint density at radius 1 is 0.577 bits per heavy atom. The van der Waals surface area contributed by atoms with Crippen molar-refractivity contribution in [3.63, 3.8) is 0 Å². The highest BCUT2D eigenvalue weighted by Gasteiger charge is 2.50. The highest BCUT2D eigenvalue weighted by molar-refractivity contribution is 6.32. The van der Waals surface area contributed by atoms with Gasteiger partial charge in [0.25, 0.3) is 0 Å². The number of amides is 2. The maximum absolute atomic E-state index is 13.1. The first-order valence-corrected chi connectivity index (χ1v) is 24.6. The lowest BCUT2D eigenvalue weighted by atomic mass is 9.74. The standard InChI is InChI=1S/C27H30ClNO6.C15H17Cl2NO3.C12H14O3/c1-19(30)16-21(17-20-10-4-3-5-11-20)25(32)34-18-35-26(33)29(2)27(15-9-8-14-24(27)31)22-12-6-7-13-23(22)28;1-18(14(20)21-10-16)15(9-5-4-8-13(15)19)11-6-2-3-7-12(11)17;1-9(13)7-11(12(14)15)8-10-5-3-2-4-6-10/h3-7,10-13,21H,8-9,14-18H2,1-2H3;2-3,6-7H,4-5,8-10H2,1H3;2-6,11H,7-8H2,1H3,(H,14,15)/t21-,27-;15-;11-/m000/s1. The molecule has 14 nitrogen and oxygen atoms in total. The minimum absolute atomic E-state index is 0.0177. The van der Waals surface area contributed by atoms with Crippen molar-refractivity contribution in [3.8, 4) is 0 Å². The predicted octanol–water partition coefficient (Wildman–Crippen LogP) is 10.9. The zero-order valence-corrected chi connectivity index (χ0v) is 42.7. The van der Waals surface area contributed by atoms with Gasteiger partial charge in [0.05, 0.1) is 11.8 Å². The Labute approximate surface area is 429 Å². The van der Waals surface area contributed by atoms with Gasteiger partial charge in [-0.2, -0.15) is 0 Å². The summed E-state index contributed by atoms with van der Waals surface area (Å²) in [5.74, 6) is -3.20. The molecule has 6 rings (SSSR count). The lowest BCUT2D eigenvalue weighted by molar-refractivity contribution is -0.159. The zero-order valence-electron chi connectivity index (χ0n) is 40.4. The first-order valence-electron chi connectivity index (χ1n) is 23.3. The number of likely N-dealkylation sites (N-methyl/N-ethyl adjacent to an activating group) is 2. The number of rotatable bonds is 17. The van der Waals surface area contributed by atoms with Crippen molar-refractivity contribution in [2.75, 3.05) is 27.0 Å². The van der Waals surface area contributed by atoms with Gasteiger partial charge < -0.3 is 28.9 Å². The van der Waals surface area contributed by atoms with Crippen LogP contribution in [0.4, 0.5) is 9.59 Å². The van der Waals surface area contributed by atoms with E-state index in [1.165, 1.54) is 30.7 Å². The summed E-state index contributed by atoms with van der Waals surface area (Å²) in [6.07, 6.45) is 4.28. The van der Waals surface area contributed by atoms with Crippen molar-refractivity contribution in [2.45, 2.75) is 102 Å². The van der Waals surface area contributed by atoms with E-state index in [4.69, 9.17) is 54.1 Å². The molecule has 1 N–H and O–H groups in total. The van der Waals surface area contributed by atoms with Crippen molar-refractivity contribution >= 4 is 82.1 Å². The van der Waals surface area contributed by atoms with Crippen LogP contribution in [0.5, 0.6) is 0 Å². The lowest BCUT2D eigenvalue weighted by Crippen LogP contribution is -2.54. The van der Waals surface area contributed by atoms with E-state index >= 15 is 0 Å². The lowest BCUT2D eigenvalue weighted by Gasteiger charge is -2.43. The fourth-order valence-electron chi connectivity index (χ4n) is 9.04. The molecular weight excluding hydrogens is 975 g/mol. The summed E-state index contributed by atoms with van der Waals surface area (Å²) in [4.78, 5) is 99.6. The second kappa shape index (κ2) is 28.1. The molecule has 4 atom stereocenters. The van der Waals surface area contributed by atoms with Crippen molar-refractivity contribution < 1.29 is 57.7 Å². The molecule has 0 radical (unpaired) electrons. The highest BCUT2D eigenvalue weighted by atomic mass is 35.5. The number of benzene rings is 4. The Bertz CT molecular complexity index is 2470. The number of ketones is 4. The minimum Gasteiger partial charge on any atom is -0.481 e. The number of esters is 1. The van der Waals surface area contributed by atoms with Crippen molar-refractivity contribution in [3.05, 3.63) is 141 Å². The van der Waals surface area contributed by atoms with Crippen LogP contribution in [0.1, 0.15) is 100 Å². The number of carbonyl (C=O) groups excluding carboxylic acids is 7. The number of ether oxygens (including phenoxy) is 3. The van der Waals surface area contributed by atoms with E-state index < -0.39 is 53.8 Å². The Balaban J connectivity index is 0.000000257. The Morgan fingerprint density at radius 3 is 1.37 bits per heavy atom. The number of carboxylic acid groups (broad SMARTS) is 1. The number of aliphatic carboxylic acids is 1. The second-order valence-corrected chi connectivity index (χ2v) is 18.5. The average molecular weight is 1040 g/mol. The summed E-state index contributed by atoms with van der Waals surface area (Å²) in [5.41, 5.74) is 0.718. The Kier molecular flexibility index (Phi) is 22.7. The first-order chi connectivity index (χ1) is 33.9.